The van der Waals surface area contributed by atoms with E-state index in [0.717, 1.165) is 5.56 Å². The van der Waals surface area contributed by atoms with Gasteiger partial charge in [-0.05, 0) is 42.8 Å². The van der Waals surface area contributed by atoms with Gasteiger partial charge < -0.3 is 16.0 Å². The van der Waals surface area contributed by atoms with Crippen LogP contribution in [0.2, 0.25) is 0 Å². The fraction of sp³-hybridized carbons (Fsp3) is 0.111. The van der Waals surface area contributed by atoms with Crippen molar-refractivity contribution in [2.45, 2.75) is 6.92 Å². The molecule has 5 nitrogen and oxygen atoms in total. The van der Waals surface area contributed by atoms with Crippen LogP contribution in [0.15, 0.2) is 61.2 Å². The van der Waals surface area contributed by atoms with E-state index in [-0.39, 0.29) is 11.9 Å². The van der Waals surface area contributed by atoms with E-state index in [2.05, 4.69) is 22.5 Å². The Morgan fingerprint density at radius 2 is 1.61 bits per heavy atom. The molecule has 3 N–H and O–H groups in total. The number of aryl methyl sites for hydroxylation is 1. The van der Waals surface area contributed by atoms with Crippen LogP contribution in [0, 0.1) is 6.92 Å². The van der Waals surface area contributed by atoms with Crippen LogP contribution in [0.25, 0.3) is 0 Å². The van der Waals surface area contributed by atoms with E-state index in [1.54, 1.807) is 36.4 Å². The topological polar surface area (TPSA) is 70.2 Å². The number of hydrogen-bond acceptors (Lipinski definition) is 2. The first kappa shape index (κ1) is 16.3. The number of rotatable bonds is 5. The molecule has 2 rings (SSSR count). The van der Waals surface area contributed by atoms with Crippen LogP contribution in [0.5, 0.6) is 0 Å². The van der Waals surface area contributed by atoms with Crippen LogP contribution in [0.3, 0.4) is 0 Å². The molecular formula is C18H19N3O2. The Kier molecular flexibility index (Phi) is 5.52. The molecule has 0 atom stereocenters. The number of benzene rings is 2. The number of amides is 3. The van der Waals surface area contributed by atoms with Crippen molar-refractivity contribution in [1.82, 2.24) is 5.32 Å². The highest BCUT2D eigenvalue weighted by Crippen LogP contribution is 2.15. The Bertz CT molecular complexity index is 708. The lowest BCUT2D eigenvalue weighted by Crippen LogP contribution is -2.28. The zero-order chi connectivity index (χ0) is 16.7. The second kappa shape index (κ2) is 7.79. The number of nitrogens with one attached hydrogen (secondary N) is 3. The number of carbonyl (C=O) groups excluding carboxylic acids is 2. The van der Waals surface area contributed by atoms with Gasteiger partial charge in [0.1, 0.15) is 0 Å². The van der Waals surface area contributed by atoms with Gasteiger partial charge in [0.05, 0.1) is 0 Å². The Balaban J connectivity index is 1.97. The third-order valence-electron chi connectivity index (χ3n) is 3.20. The maximum Gasteiger partial charge on any atom is 0.319 e. The zero-order valence-electron chi connectivity index (χ0n) is 12.9. The number of hydrogen-bond donors (Lipinski definition) is 3. The van der Waals surface area contributed by atoms with Crippen molar-refractivity contribution >= 4 is 23.3 Å². The van der Waals surface area contributed by atoms with Crippen LogP contribution < -0.4 is 16.0 Å². The summed E-state index contributed by atoms with van der Waals surface area (Å²) >= 11 is 0. The Labute approximate surface area is 135 Å². The van der Waals surface area contributed by atoms with Crippen LogP contribution in [-0.2, 0) is 0 Å². The molecule has 0 unspecified atom stereocenters. The minimum Gasteiger partial charge on any atom is -0.334 e. The molecule has 0 bridgehead atoms. The molecule has 0 radical (unpaired) electrons. The average molecular weight is 309 g/mol. The fourth-order valence-electron chi connectivity index (χ4n) is 2.00. The zero-order valence-corrected chi connectivity index (χ0v) is 12.9. The van der Waals surface area contributed by atoms with Gasteiger partial charge in [-0.1, -0.05) is 24.3 Å². The van der Waals surface area contributed by atoms with Crippen molar-refractivity contribution in [2.75, 3.05) is 17.2 Å². The molecule has 2 aromatic carbocycles. The maximum absolute atomic E-state index is 12.2. The van der Waals surface area contributed by atoms with E-state index in [0.29, 0.717) is 23.5 Å². The van der Waals surface area contributed by atoms with Gasteiger partial charge in [-0.2, -0.15) is 0 Å². The third kappa shape index (κ3) is 4.71. The Morgan fingerprint density at radius 1 is 1.00 bits per heavy atom. The third-order valence-corrected chi connectivity index (χ3v) is 3.20. The lowest BCUT2D eigenvalue weighted by Gasteiger charge is -2.09. The van der Waals surface area contributed by atoms with Gasteiger partial charge in [-0.3, -0.25) is 4.79 Å². The summed E-state index contributed by atoms with van der Waals surface area (Å²) in [5.74, 6) is -0.160. The van der Waals surface area contributed by atoms with Crippen LogP contribution in [0.4, 0.5) is 16.2 Å². The largest absolute Gasteiger partial charge is 0.334 e. The number of carbonyl (C=O) groups is 2. The quantitative estimate of drug-likeness (QED) is 0.739. The van der Waals surface area contributed by atoms with Crippen molar-refractivity contribution in [3.05, 3.63) is 72.3 Å². The Hall–Kier alpha value is -3.08. The van der Waals surface area contributed by atoms with E-state index in [1.165, 1.54) is 0 Å². The molecule has 0 heterocycles. The molecule has 0 aliphatic carbocycles. The fourth-order valence-corrected chi connectivity index (χ4v) is 2.00. The summed E-state index contributed by atoms with van der Waals surface area (Å²) in [6, 6.07) is 14.0. The van der Waals surface area contributed by atoms with Gasteiger partial charge in [0.15, 0.2) is 0 Å². The minimum absolute atomic E-state index is 0.160. The normalized spacial score (nSPS) is 9.78. The maximum atomic E-state index is 12.2. The minimum atomic E-state index is -0.304. The lowest BCUT2D eigenvalue weighted by molar-refractivity contribution is 0.102. The molecule has 118 valence electrons. The van der Waals surface area contributed by atoms with Gasteiger partial charge in [0.25, 0.3) is 5.91 Å². The number of anilines is 2. The van der Waals surface area contributed by atoms with Gasteiger partial charge in [0.2, 0.25) is 0 Å². The standard InChI is InChI=1S/C18H19N3O2/c1-3-12-19-18(23)21-15-10-8-14(9-11-15)20-17(22)16-7-5-4-6-13(16)2/h3-11H,1,12H2,2H3,(H,20,22)(H2,19,21,23). The summed E-state index contributed by atoms with van der Waals surface area (Å²) in [7, 11) is 0. The van der Waals surface area contributed by atoms with Crippen LogP contribution >= 0.6 is 0 Å². The molecule has 5 heteroatoms. The Morgan fingerprint density at radius 3 is 2.22 bits per heavy atom. The predicted octanol–water partition coefficient (Wildman–Crippen LogP) is 3.55. The lowest BCUT2D eigenvalue weighted by atomic mass is 10.1. The monoisotopic (exact) mass is 309 g/mol. The second-order valence-electron chi connectivity index (χ2n) is 4.97. The molecule has 2 aromatic rings. The summed E-state index contributed by atoms with van der Waals surface area (Å²) in [6.45, 7) is 5.82. The van der Waals surface area contributed by atoms with Crippen molar-refractivity contribution in [1.29, 1.82) is 0 Å². The molecule has 3 amide bonds. The highest BCUT2D eigenvalue weighted by Gasteiger charge is 2.08. The summed E-state index contributed by atoms with van der Waals surface area (Å²) in [5, 5.41) is 8.14. The number of urea groups is 1. The molecule has 0 spiro atoms. The predicted molar refractivity (Wildman–Crippen MR) is 92.8 cm³/mol. The molecule has 0 saturated carbocycles. The van der Waals surface area contributed by atoms with E-state index >= 15 is 0 Å². The summed E-state index contributed by atoms with van der Waals surface area (Å²) in [5.41, 5.74) is 2.86. The van der Waals surface area contributed by atoms with Crippen molar-refractivity contribution in [2.24, 2.45) is 0 Å². The molecule has 0 aromatic heterocycles. The first-order valence-corrected chi connectivity index (χ1v) is 7.23. The van der Waals surface area contributed by atoms with Crippen LogP contribution in [-0.4, -0.2) is 18.5 Å². The molecule has 23 heavy (non-hydrogen) atoms. The summed E-state index contributed by atoms with van der Waals surface area (Å²) in [4.78, 5) is 23.7. The van der Waals surface area contributed by atoms with Crippen molar-refractivity contribution in [3.63, 3.8) is 0 Å². The van der Waals surface area contributed by atoms with E-state index in [9.17, 15) is 9.59 Å². The molecular weight excluding hydrogens is 290 g/mol. The summed E-state index contributed by atoms with van der Waals surface area (Å²) < 4.78 is 0. The van der Waals surface area contributed by atoms with E-state index < -0.39 is 0 Å². The molecule has 0 fully saturated rings. The van der Waals surface area contributed by atoms with Crippen molar-refractivity contribution in [3.8, 4) is 0 Å². The van der Waals surface area contributed by atoms with Crippen molar-refractivity contribution < 1.29 is 9.59 Å². The van der Waals surface area contributed by atoms with Gasteiger partial charge in [-0.15, -0.1) is 6.58 Å². The SMILES string of the molecule is C=CCNC(=O)Nc1ccc(NC(=O)c2ccccc2C)cc1. The highest BCUT2D eigenvalue weighted by atomic mass is 16.2. The summed E-state index contributed by atoms with van der Waals surface area (Å²) in [6.07, 6.45) is 1.60. The van der Waals surface area contributed by atoms with Gasteiger partial charge >= 0.3 is 6.03 Å². The highest BCUT2D eigenvalue weighted by molar-refractivity contribution is 6.05. The van der Waals surface area contributed by atoms with Crippen LogP contribution in [0.1, 0.15) is 15.9 Å². The first-order valence-electron chi connectivity index (χ1n) is 7.23. The molecule has 0 saturated heterocycles. The molecule has 0 aliphatic rings. The van der Waals surface area contributed by atoms with Gasteiger partial charge in [0, 0.05) is 23.5 Å². The average Bonchev–Trinajstić information content (AvgIpc) is 2.55. The molecule has 0 aliphatic heterocycles. The van der Waals surface area contributed by atoms with Gasteiger partial charge in [-0.25, -0.2) is 4.79 Å². The first-order chi connectivity index (χ1) is 11.1. The second-order valence-corrected chi connectivity index (χ2v) is 4.97. The smallest absolute Gasteiger partial charge is 0.319 e. The van der Waals surface area contributed by atoms with E-state index in [4.69, 9.17) is 0 Å². The van der Waals surface area contributed by atoms with E-state index in [1.807, 2.05) is 25.1 Å².